The summed E-state index contributed by atoms with van der Waals surface area (Å²) in [5.41, 5.74) is 4.13. The molecule has 0 radical (unpaired) electrons. The zero-order valence-corrected chi connectivity index (χ0v) is 19.1. The minimum absolute atomic E-state index is 0.0250. The maximum Gasteiger partial charge on any atom is 0.246 e. The molecule has 170 valence electrons. The molecule has 2 fully saturated rings. The van der Waals surface area contributed by atoms with Gasteiger partial charge in [0.05, 0.1) is 5.69 Å². The van der Waals surface area contributed by atoms with Gasteiger partial charge in [0.2, 0.25) is 17.7 Å². The highest BCUT2D eigenvalue weighted by atomic mass is 16.2. The van der Waals surface area contributed by atoms with Crippen molar-refractivity contribution in [1.29, 1.82) is 0 Å². The second-order valence-corrected chi connectivity index (χ2v) is 8.86. The maximum atomic E-state index is 13.2. The fraction of sp³-hybridized carbons (Fsp3) is 0.500. The van der Waals surface area contributed by atoms with Crippen LogP contribution < -0.4 is 0 Å². The molecule has 0 spiro atoms. The lowest BCUT2D eigenvalue weighted by atomic mass is 10.1. The normalized spacial score (nSPS) is 19.2. The molecule has 4 rings (SSSR count). The fourth-order valence-electron chi connectivity index (χ4n) is 4.70. The summed E-state index contributed by atoms with van der Waals surface area (Å²) in [6, 6.07) is 9.51. The van der Waals surface area contributed by atoms with Crippen LogP contribution in [0.3, 0.4) is 0 Å². The quantitative estimate of drug-likeness (QED) is 0.713. The largest absolute Gasteiger partial charge is 0.341 e. The molecule has 0 saturated carbocycles. The number of nitrogens with zero attached hydrogens (tertiary/aromatic N) is 5. The van der Waals surface area contributed by atoms with Gasteiger partial charge >= 0.3 is 0 Å². The van der Waals surface area contributed by atoms with E-state index in [1.165, 1.54) is 0 Å². The summed E-state index contributed by atoms with van der Waals surface area (Å²) >= 11 is 0. The van der Waals surface area contributed by atoms with Gasteiger partial charge in [-0.3, -0.25) is 19.1 Å². The van der Waals surface area contributed by atoms with Crippen LogP contribution in [0.2, 0.25) is 0 Å². The molecule has 1 aromatic carbocycles. The molecule has 32 heavy (non-hydrogen) atoms. The Labute approximate surface area is 188 Å². The first kappa shape index (κ1) is 22.0. The minimum atomic E-state index is -0.491. The van der Waals surface area contributed by atoms with Crippen molar-refractivity contribution in [3.05, 3.63) is 52.8 Å². The first-order chi connectivity index (χ1) is 15.3. The molecule has 8 heteroatoms. The van der Waals surface area contributed by atoms with E-state index in [1.54, 1.807) is 14.7 Å². The molecule has 3 heterocycles. The van der Waals surface area contributed by atoms with Crippen LogP contribution in [0.1, 0.15) is 35.4 Å². The molecule has 0 aliphatic carbocycles. The molecule has 2 saturated heterocycles. The molecular formula is C24H31N5O3. The van der Waals surface area contributed by atoms with Crippen LogP contribution >= 0.6 is 0 Å². The van der Waals surface area contributed by atoms with Crippen molar-refractivity contribution in [1.82, 2.24) is 24.5 Å². The Morgan fingerprint density at radius 1 is 1.09 bits per heavy atom. The van der Waals surface area contributed by atoms with Gasteiger partial charge in [-0.15, -0.1) is 0 Å². The second-order valence-electron chi connectivity index (χ2n) is 8.86. The van der Waals surface area contributed by atoms with E-state index in [-0.39, 0.29) is 24.3 Å². The summed E-state index contributed by atoms with van der Waals surface area (Å²) in [7, 11) is 0. The van der Waals surface area contributed by atoms with Gasteiger partial charge in [0, 0.05) is 44.8 Å². The Morgan fingerprint density at radius 2 is 1.91 bits per heavy atom. The molecule has 8 nitrogen and oxygen atoms in total. The first-order valence-electron chi connectivity index (χ1n) is 11.2. The Hall–Kier alpha value is -3.16. The van der Waals surface area contributed by atoms with Gasteiger partial charge in [-0.25, -0.2) is 0 Å². The average Bonchev–Trinajstić information content (AvgIpc) is 2.94. The van der Waals surface area contributed by atoms with Crippen LogP contribution in [0.4, 0.5) is 0 Å². The lowest BCUT2D eigenvalue weighted by molar-refractivity contribution is -0.156. The van der Waals surface area contributed by atoms with Crippen molar-refractivity contribution in [3.63, 3.8) is 0 Å². The van der Waals surface area contributed by atoms with E-state index in [0.29, 0.717) is 45.6 Å². The Bertz CT molecular complexity index is 1030. The Kier molecular flexibility index (Phi) is 6.30. The molecule has 2 aliphatic rings. The number of amides is 3. The molecule has 1 unspecified atom stereocenters. The van der Waals surface area contributed by atoms with Crippen LogP contribution in [0.25, 0.3) is 0 Å². The van der Waals surface area contributed by atoms with E-state index in [0.717, 1.165) is 22.5 Å². The zero-order chi connectivity index (χ0) is 22.8. The molecule has 1 atom stereocenters. The Morgan fingerprint density at radius 3 is 2.62 bits per heavy atom. The molecule has 0 bridgehead atoms. The van der Waals surface area contributed by atoms with Gasteiger partial charge in [0.25, 0.3) is 0 Å². The van der Waals surface area contributed by atoms with E-state index in [9.17, 15) is 14.4 Å². The summed E-state index contributed by atoms with van der Waals surface area (Å²) in [6.07, 6.45) is 0.828. The summed E-state index contributed by atoms with van der Waals surface area (Å²) < 4.78 is 1.85. The number of carbonyl (C=O) groups is 3. The summed E-state index contributed by atoms with van der Waals surface area (Å²) in [5, 5.41) is 4.42. The van der Waals surface area contributed by atoms with Crippen LogP contribution in [0.15, 0.2) is 30.3 Å². The predicted octanol–water partition coefficient (Wildman–Crippen LogP) is 1.67. The number of aryl methyl sites for hydroxylation is 4. The molecule has 2 aliphatic heterocycles. The summed E-state index contributed by atoms with van der Waals surface area (Å²) in [4.78, 5) is 44.0. The van der Waals surface area contributed by atoms with E-state index in [4.69, 9.17) is 0 Å². The molecule has 1 aromatic heterocycles. The standard InChI is InChI=1S/C24H31N5O3/c1-17-5-4-6-20(13-17)15-27-16-23(31)28-12-11-26(9-7-21(28)24(27)32)22(30)8-10-29-19(3)14-18(2)25-29/h4-6,13-14,21H,7-12,15-16H2,1-3H3. The van der Waals surface area contributed by atoms with Crippen LogP contribution in [-0.4, -0.2) is 74.4 Å². The number of aromatic nitrogens is 2. The van der Waals surface area contributed by atoms with Crippen molar-refractivity contribution in [2.45, 2.75) is 52.7 Å². The highest BCUT2D eigenvalue weighted by molar-refractivity contribution is 5.95. The van der Waals surface area contributed by atoms with Gasteiger partial charge < -0.3 is 14.7 Å². The highest BCUT2D eigenvalue weighted by Crippen LogP contribution is 2.21. The van der Waals surface area contributed by atoms with Crippen molar-refractivity contribution < 1.29 is 14.4 Å². The van der Waals surface area contributed by atoms with Gasteiger partial charge in [-0.2, -0.15) is 5.10 Å². The second kappa shape index (κ2) is 9.14. The SMILES string of the molecule is Cc1cccc(CN2CC(=O)N3CCN(C(=O)CCn4nc(C)cc4C)CCC3C2=O)c1. The summed E-state index contributed by atoms with van der Waals surface area (Å²) in [6.45, 7) is 8.33. The molecule has 2 aromatic rings. The van der Waals surface area contributed by atoms with Crippen LogP contribution in [0.5, 0.6) is 0 Å². The van der Waals surface area contributed by atoms with E-state index < -0.39 is 6.04 Å². The number of fused-ring (bicyclic) bond motifs is 1. The van der Waals surface area contributed by atoms with E-state index >= 15 is 0 Å². The zero-order valence-electron chi connectivity index (χ0n) is 19.1. The van der Waals surface area contributed by atoms with Crippen LogP contribution in [0, 0.1) is 20.8 Å². The highest BCUT2D eigenvalue weighted by Gasteiger charge is 2.41. The number of piperazine rings is 1. The molecular weight excluding hydrogens is 406 g/mol. The average molecular weight is 438 g/mol. The topological polar surface area (TPSA) is 78.8 Å². The van der Waals surface area contributed by atoms with Crippen molar-refractivity contribution in [3.8, 4) is 0 Å². The molecule has 0 N–H and O–H groups in total. The third-order valence-electron chi connectivity index (χ3n) is 6.35. The monoisotopic (exact) mass is 437 g/mol. The number of rotatable bonds is 5. The third kappa shape index (κ3) is 4.69. The number of hydrogen-bond donors (Lipinski definition) is 0. The maximum absolute atomic E-state index is 13.2. The molecule has 3 amide bonds. The fourth-order valence-corrected chi connectivity index (χ4v) is 4.70. The number of hydrogen-bond acceptors (Lipinski definition) is 4. The number of benzene rings is 1. The van der Waals surface area contributed by atoms with Crippen LogP contribution in [-0.2, 0) is 27.5 Å². The van der Waals surface area contributed by atoms with Crippen molar-refractivity contribution in [2.75, 3.05) is 26.2 Å². The van der Waals surface area contributed by atoms with Crippen molar-refractivity contribution >= 4 is 17.7 Å². The first-order valence-corrected chi connectivity index (χ1v) is 11.2. The lowest BCUT2D eigenvalue weighted by Gasteiger charge is -2.39. The van der Waals surface area contributed by atoms with Gasteiger partial charge in [0.1, 0.15) is 12.6 Å². The third-order valence-corrected chi connectivity index (χ3v) is 6.35. The minimum Gasteiger partial charge on any atom is -0.341 e. The predicted molar refractivity (Wildman–Crippen MR) is 120 cm³/mol. The van der Waals surface area contributed by atoms with Gasteiger partial charge in [-0.05, 0) is 38.8 Å². The summed E-state index contributed by atoms with van der Waals surface area (Å²) in [5.74, 6) is -0.0313. The van der Waals surface area contributed by atoms with Crippen molar-refractivity contribution in [2.24, 2.45) is 0 Å². The van der Waals surface area contributed by atoms with Gasteiger partial charge in [0.15, 0.2) is 0 Å². The lowest BCUT2D eigenvalue weighted by Crippen LogP contribution is -2.59. The van der Waals surface area contributed by atoms with E-state index in [1.807, 2.05) is 55.8 Å². The Balaban J connectivity index is 1.38. The number of carbonyl (C=O) groups excluding carboxylic acids is 3. The van der Waals surface area contributed by atoms with Gasteiger partial charge in [-0.1, -0.05) is 29.8 Å². The van der Waals surface area contributed by atoms with E-state index in [2.05, 4.69) is 5.10 Å². The smallest absolute Gasteiger partial charge is 0.246 e.